The van der Waals surface area contributed by atoms with Gasteiger partial charge in [0, 0.05) is 61.3 Å². The molecule has 3 aromatic rings. The molecular formula is C20H20N4O. The van der Waals surface area contributed by atoms with Gasteiger partial charge in [-0.05, 0) is 18.6 Å². The van der Waals surface area contributed by atoms with Crippen LogP contribution in [0.4, 0.5) is 0 Å². The average Bonchev–Trinajstić information content (AvgIpc) is 2.84. The summed E-state index contributed by atoms with van der Waals surface area (Å²) in [4.78, 5) is 18.7. The predicted molar refractivity (Wildman–Crippen MR) is 96.2 cm³/mol. The van der Waals surface area contributed by atoms with Gasteiger partial charge < -0.3 is 4.90 Å². The Morgan fingerprint density at radius 2 is 1.72 bits per heavy atom. The standard InChI is InChI=1S/C20H20N4O/c1-23-18-10-14-24(20(25)16-7-11-21-12-8-16)13-9-17(18)19(22-23)15-5-3-2-4-6-15/h2-8,11-12H,9-10,13-14H2,1H3. The van der Waals surface area contributed by atoms with E-state index in [1.165, 1.54) is 11.3 Å². The summed E-state index contributed by atoms with van der Waals surface area (Å²) in [5.74, 6) is 0.0735. The van der Waals surface area contributed by atoms with Crippen LogP contribution in [-0.4, -0.2) is 38.7 Å². The molecule has 126 valence electrons. The minimum absolute atomic E-state index is 0.0735. The van der Waals surface area contributed by atoms with E-state index in [1.807, 2.05) is 34.8 Å². The highest BCUT2D eigenvalue weighted by Crippen LogP contribution is 2.28. The molecule has 3 heterocycles. The number of fused-ring (bicyclic) bond motifs is 1. The van der Waals surface area contributed by atoms with Crippen molar-refractivity contribution in [1.82, 2.24) is 19.7 Å². The lowest BCUT2D eigenvalue weighted by Crippen LogP contribution is -2.33. The number of aryl methyl sites for hydroxylation is 1. The molecule has 5 heteroatoms. The summed E-state index contributed by atoms with van der Waals surface area (Å²) in [5.41, 5.74) is 5.36. The molecule has 0 atom stereocenters. The van der Waals surface area contributed by atoms with Crippen LogP contribution in [0.2, 0.25) is 0 Å². The van der Waals surface area contributed by atoms with Crippen molar-refractivity contribution < 1.29 is 4.79 Å². The van der Waals surface area contributed by atoms with Crippen LogP contribution in [0.25, 0.3) is 11.3 Å². The first-order valence-electron chi connectivity index (χ1n) is 8.53. The third-order valence-corrected chi connectivity index (χ3v) is 4.79. The van der Waals surface area contributed by atoms with Gasteiger partial charge in [0.1, 0.15) is 0 Å². The second-order valence-electron chi connectivity index (χ2n) is 6.29. The number of hydrogen-bond donors (Lipinski definition) is 0. The zero-order chi connectivity index (χ0) is 17.2. The second kappa shape index (κ2) is 6.51. The van der Waals surface area contributed by atoms with Crippen molar-refractivity contribution in [3.05, 3.63) is 71.7 Å². The lowest BCUT2D eigenvalue weighted by Gasteiger charge is -2.20. The van der Waals surface area contributed by atoms with Gasteiger partial charge in [0.25, 0.3) is 5.91 Å². The number of nitrogens with zero attached hydrogens (tertiary/aromatic N) is 4. The lowest BCUT2D eigenvalue weighted by molar-refractivity contribution is 0.0762. The number of rotatable bonds is 2. The van der Waals surface area contributed by atoms with Crippen molar-refractivity contribution in [2.75, 3.05) is 13.1 Å². The smallest absolute Gasteiger partial charge is 0.253 e. The lowest BCUT2D eigenvalue weighted by atomic mass is 10.0. The molecule has 0 spiro atoms. The monoisotopic (exact) mass is 332 g/mol. The predicted octanol–water partition coefficient (Wildman–Crippen LogP) is 2.72. The van der Waals surface area contributed by atoms with Gasteiger partial charge in [0.05, 0.1) is 5.69 Å². The molecule has 4 rings (SSSR count). The van der Waals surface area contributed by atoms with Crippen LogP contribution in [0.15, 0.2) is 54.9 Å². The fourth-order valence-electron chi connectivity index (χ4n) is 3.49. The molecule has 0 radical (unpaired) electrons. The van der Waals surface area contributed by atoms with Crippen molar-refractivity contribution in [3.63, 3.8) is 0 Å². The summed E-state index contributed by atoms with van der Waals surface area (Å²) in [6.07, 6.45) is 4.97. The molecule has 0 N–H and O–H groups in total. The molecule has 0 aliphatic carbocycles. The number of carbonyl (C=O) groups excluding carboxylic acids is 1. The van der Waals surface area contributed by atoms with Crippen LogP contribution in [0, 0.1) is 0 Å². The van der Waals surface area contributed by atoms with Crippen LogP contribution in [0.5, 0.6) is 0 Å². The molecule has 1 aliphatic rings. The highest BCUT2D eigenvalue weighted by molar-refractivity contribution is 5.94. The Hall–Kier alpha value is -2.95. The van der Waals surface area contributed by atoms with Crippen LogP contribution in [0.3, 0.4) is 0 Å². The summed E-state index contributed by atoms with van der Waals surface area (Å²) in [6.45, 7) is 1.42. The number of hydrogen-bond acceptors (Lipinski definition) is 3. The molecule has 2 aromatic heterocycles. The van der Waals surface area contributed by atoms with Gasteiger partial charge in [-0.2, -0.15) is 5.10 Å². The minimum Gasteiger partial charge on any atom is -0.338 e. The summed E-state index contributed by atoms with van der Waals surface area (Å²) in [6, 6.07) is 13.8. The number of carbonyl (C=O) groups is 1. The van der Waals surface area contributed by atoms with Crippen LogP contribution >= 0.6 is 0 Å². The van der Waals surface area contributed by atoms with E-state index in [0.717, 1.165) is 24.1 Å². The van der Waals surface area contributed by atoms with E-state index in [0.29, 0.717) is 18.7 Å². The molecule has 1 amide bonds. The van der Waals surface area contributed by atoms with Gasteiger partial charge in [-0.25, -0.2) is 0 Å². The van der Waals surface area contributed by atoms with Gasteiger partial charge in [-0.3, -0.25) is 14.5 Å². The largest absolute Gasteiger partial charge is 0.338 e. The molecule has 5 nitrogen and oxygen atoms in total. The molecule has 0 saturated heterocycles. The van der Waals surface area contributed by atoms with E-state index in [-0.39, 0.29) is 5.91 Å². The summed E-state index contributed by atoms with van der Waals surface area (Å²) >= 11 is 0. The topological polar surface area (TPSA) is 51.0 Å². The fourth-order valence-corrected chi connectivity index (χ4v) is 3.49. The van der Waals surface area contributed by atoms with E-state index in [4.69, 9.17) is 5.10 Å². The molecular weight excluding hydrogens is 312 g/mol. The third kappa shape index (κ3) is 2.93. The summed E-state index contributed by atoms with van der Waals surface area (Å²) in [5, 5.41) is 4.74. The van der Waals surface area contributed by atoms with Crippen LogP contribution in [-0.2, 0) is 19.9 Å². The molecule has 0 fully saturated rings. The Labute approximate surface area is 146 Å². The van der Waals surface area contributed by atoms with Gasteiger partial charge >= 0.3 is 0 Å². The Kier molecular flexibility index (Phi) is 4.06. The Morgan fingerprint density at radius 1 is 1.00 bits per heavy atom. The number of pyridine rings is 1. The molecule has 1 aromatic carbocycles. The maximum atomic E-state index is 12.7. The fraction of sp³-hybridized carbons (Fsp3) is 0.250. The minimum atomic E-state index is 0.0735. The first-order valence-corrected chi connectivity index (χ1v) is 8.53. The molecule has 1 aliphatic heterocycles. The highest BCUT2D eigenvalue weighted by Gasteiger charge is 2.24. The first kappa shape index (κ1) is 15.6. The Balaban J connectivity index is 1.62. The molecule has 0 saturated carbocycles. The van der Waals surface area contributed by atoms with E-state index in [2.05, 4.69) is 17.1 Å². The zero-order valence-corrected chi connectivity index (χ0v) is 14.2. The van der Waals surface area contributed by atoms with E-state index in [1.54, 1.807) is 24.5 Å². The van der Waals surface area contributed by atoms with Crippen LogP contribution < -0.4 is 0 Å². The maximum absolute atomic E-state index is 12.7. The van der Waals surface area contributed by atoms with Crippen molar-refractivity contribution in [1.29, 1.82) is 0 Å². The Morgan fingerprint density at radius 3 is 2.48 bits per heavy atom. The van der Waals surface area contributed by atoms with Gasteiger partial charge in [0.15, 0.2) is 0 Å². The normalized spacial score (nSPS) is 14.0. The highest BCUT2D eigenvalue weighted by atomic mass is 16.2. The van der Waals surface area contributed by atoms with E-state index < -0.39 is 0 Å². The maximum Gasteiger partial charge on any atom is 0.253 e. The molecule has 25 heavy (non-hydrogen) atoms. The number of benzene rings is 1. The Bertz CT molecular complexity index is 887. The van der Waals surface area contributed by atoms with Crippen molar-refractivity contribution in [2.45, 2.75) is 12.8 Å². The first-order chi connectivity index (χ1) is 12.2. The second-order valence-corrected chi connectivity index (χ2v) is 6.29. The zero-order valence-electron chi connectivity index (χ0n) is 14.2. The number of aromatic nitrogens is 3. The average molecular weight is 332 g/mol. The summed E-state index contributed by atoms with van der Waals surface area (Å²) in [7, 11) is 1.99. The SMILES string of the molecule is Cn1nc(-c2ccccc2)c2c1CCN(C(=O)c1ccncc1)CC2. The van der Waals surface area contributed by atoms with E-state index in [9.17, 15) is 4.79 Å². The van der Waals surface area contributed by atoms with Crippen molar-refractivity contribution in [3.8, 4) is 11.3 Å². The quantitative estimate of drug-likeness (QED) is 0.725. The van der Waals surface area contributed by atoms with Gasteiger partial charge in [-0.1, -0.05) is 30.3 Å². The van der Waals surface area contributed by atoms with E-state index >= 15 is 0 Å². The van der Waals surface area contributed by atoms with Gasteiger partial charge in [0.2, 0.25) is 0 Å². The number of amides is 1. The summed E-state index contributed by atoms with van der Waals surface area (Å²) < 4.78 is 1.97. The van der Waals surface area contributed by atoms with Gasteiger partial charge in [-0.15, -0.1) is 0 Å². The molecule has 0 bridgehead atoms. The van der Waals surface area contributed by atoms with Crippen molar-refractivity contribution >= 4 is 5.91 Å². The van der Waals surface area contributed by atoms with Crippen LogP contribution in [0.1, 0.15) is 21.6 Å². The third-order valence-electron chi connectivity index (χ3n) is 4.79. The molecule has 0 unspecified atom stereocenters. The van der Waals surface area contributed by atoms with Crippen molar-refractivity contribution in [2.24, 2.45) is 7.05 Å².